The molecule has 104 valence electrons. The van der Waals surface area contributed by atoms with Gasteiger partial charge in [-0.2, -0.15) is 0 Å². The fraction of sp³-hybridized carbons (Fsp3) is 0.533. The molecule has 1 N–H and O–H groups in total. The summed E-state index contributed by atoms with van der Waals surface area (Å²) in [5.74, 6) is 0. The molecule has 0 aliphatic carbocycles. The van der Waals surface area contributed by atoms with Crippen molar-refractivity contribution in [2.24, 2.45) is 0 Å². The molecular formula is C15H24N4. The second kappa shape index (κ2) is 6.06. The van der Waals surface area contributed by atoms with Gasteiger partial charge in [-0.1, -0.05) is 6.92 Å². The SMILES string of the molecule is CCNC(C)c1cccn1Cc1cncn1C(C)C. The summed E-state index contributed by atoms with van der Waals surface area (Å²) in [7, 11) is 0. The normalized spacial score (nSPS) is 13.1. The molecule has 0 amide bonds. The molecule has 0 radical (unpaired) electrons. The lowest BCUT2D eigenvalue weighted by Gasteiger charge is -2.18. The molecule has 1 unspecified atom stereocenters. The molecule has 4 heteroatoms. The van der Waals surface area contributed by atoms with Crippen LogP contribution < -0.4 is 5.32 Å². The predicted octanol–water partition coefficient (Wildman–Crippen LogP) is 2.98. The highest BCUT2D eigenvalue weighted by Gasteiger charge is 2.11. The Balaban J connectivity index is 2.19. The molecule has 0 aliphatic heterocycles. The number of nitrogens with one attached hydrogen (secondary N) is 1. The lowest BCUT2D eigenvalue weighted by atomic mass is 10.2. The molecule has 4 nitrogen and oxygen atoms in total. The lowest BCUT2D eigenvalue weighted by Crippen LogP contribution is -2.21. The van der Waals surface area contributed by atoms with Gasteiger partial charge < -0.3 is 14.5 Å². The van der Waals surface area contributed by atoms with Crippen LogP contribution in [0.4, 0.5) is 0 Å². The Labute approximate surface area is 115 Å². The van der Waals surface area contributed by atoms with Gasteiger partial charge in [0.2, 0.25) is 0 Å². The van der Waals surface area contributed by atoms with E-state index < -0.39 is 0 Å². The first-order chi connectivity index (χ1) is 9.13. The van der Waals surface area contributed by atoms with Crippen molar-refractivity contribution >= 4 is 0 Å². The van der Waals surface area contributed by atoms with Crippen LogP contribution in [0, 0.1) is 0 Å². The minimum Gasteiger partial charge on any atom is -0.344 e. The molecule has 19 heavy (non-hydrogen) atoms. The molecule has 0 spiro atoms. The van der Waals surface area contributed by atoms with Crippen molar-refractivity contribution in [3.63, 3.8) is 0 Å². The molecule has 0 fully saturated rings. The van der Waals surface area contributed by atoms with Crippen LogP contribution in [-0.2, 0) is 6.54 Å². The summed E-state index contributed by atoms with van der Waals surface area (Å²) < 4.78 is 4.52. The maximum absolute atomic E-state index is 4.27. The van der Waals surface area contributed by atoms with Gasteiger partial charge in [0, 0.05) is 30.2 Å². The third-order valence-corrected chi connectivity index (χ3v) is 3.45. The first kappa shape index (κ1) is 13.9. The Morgan fingerprint density at radius 2 is 2.11 bits per heavy atom. The van der Waals surface area contributed by atoms with Gasteiger partial charge in [-0.3, -0.25) is 0 Å². The summed E-state index contributed by atoms with van der Waals surface area (Å²) in [6, 6.07) is 5.11. The average molecular weight is 260 g/mol. The molecule has 0 saturated carbocycles. The lowest BCUT2D eigenvalue weighted by molar-refractivity contribution is 0.529. The summed E-state index contributed by atoms with van der Waals surface area (Å²) >= 11 is 0. The first-order valence-electron chi connectivity index (χ1n) is 7.02. The maximum atomic E-state index is 4.27. The number of hydrogen-bond donors (Lipinski definition) is 1. The minimum absolute atomic E-state index is 0.371. The standard InChI is InChI=1S/C15H24N4/c1-5-17-13(4)15-7-6-8-18(15)10-14-9-16-11-19(14)12(2)3/h6-9,11-13,17H,5,10H2,1-4H3. The van der Waals surface area contributed by atoms with Gasteiger partial charge >= 0.3 is 0 Å². The van der Waals surface area contributed by atoms with Crippen molar-refractivity contribution < 1.29 is 0 Å². The fourth-order valence-corrected chi connectivity index (χ4v) is 2.47. The van der Waals surface area contributed by atoms with Gasteiger partial charge in [0.1, 0.15) is 0 Å². The van der Waals surface area contributed by atoms with Crippen LogP contribution >= 0.6 is 0 Å². The zero-order chi connectivity index (χ0) is 13.8. The van der Waals surface area contributed by atoms with Crippen LogP contribution in [0.25, 0.3) is 0 Å². The minimum atomic E-state index is 0.371. The number of imidazole rings is 1. The monoisotopic (exact) mass is 260 g/mol. The van der Waals surface area contributed by atoms with Crippen molar-refractivity contribution in [2.45, 2.75) is 46.3 Å². The van der Waals surface area contributed by atoms with E-state index in [1.807, 2.05) is 12.5 Å². The maximum Gasteiger partial charge on any atom is 0.0951 e. The highest BCUT2D eigenvalue weighted by molar-refractivity contribution is 5.14. The van der Waals surface area contributed by atoms with E-state index in [2.05, 4.69) is 65.5 Å². The van der Waals surface area contributed by atoms with Crippen LogP contribution in [0.5, 0.6) is 0 Å². The largest absolute Gasteiger partial charge is 0.344 e. The van der Waals surface area contributed by atoms with Crippen molar-refractivity contribution in [3.8, 4) is 0 Å². The van der Waals surface area contributed by atoms with E-state index in [1.54, 1.807) is 0 Å². The van der Waals surface area contributed by atoms with Gasteiger partial charge in [0.15, 0.2) is 0 Å². The van der Waals surface area contributed by atoms with Gasteiger partial charge in [-0.05, 0) is 39.4 Å². The zero-order valence-corrected chi connectivity index (χ0v) is 12.3. The predicted molar refractivity (Wildman–Crippen MR) is 78.2 cm³/mol. The number of hydrogen-bond acceptors (Lipinski definition) is 2. The number of rotatable bonds is 6. The van der Waals surface area contributed by atoms with Crippen molar-refractivity contribution in [3.05, 3.63) is 42.2 Å². The molecule has 0 saturated heterocycles. The topological polar surface area (TPSA) is 34.8 Å². The smallest absolute Gasteiger partial charge is 0.0951 e. The summed E-state index contributed by atoms with van der Waals surface area (Å²) in [6.07, 6.45) is 6.01. The van der Waals surface area contributed by atoms with Crippen molar-refractivity contribution in [2.75, 3.05) is 6.54 Å². The Kier molecular flexibility index (Phi) is 4.43. The van der Waals surface area contributed by atoms with Gasteiger partial charge in [-0.25, -0.2) is 4.98 Å². The highest BCUT2D eigenvalue weighted by Crippen LogP contribution is 2.16. The zero-order valence-electron chi connectivity index (χ0n) is 12.3. The average Bonchev–Trinajstić information content (AvgIpc) is 2.98. The second-order valence-corrected chi connectivity index (χ2v) is 5.23. The highest BCUT2D eigenvalue weighted by atomic mass is 15.1. The van der Waals surface area contributed by atoms with E-state index in [4.69, 9.17) is 0 Å². The van der Waals surface area contributed by atoms with Crippen molar-refractivity contribution in [1.82, 2.24) is 19.4 Å². The third kappa shape index (κ3) is 3.07. The third-order valence-electron chi connectivity index (χ3n) is 3.45. The molecule has 2 aromatic rings. The molecule has 0 aromatic carbocycles. The van der Waals surface area contributed by atoms with Crippen LogP contribution in [0.15, 0.2) is 30.9 Å². The van der Waals surface area contributed by atoms with Crippen LogP contribution in [-0.4, -0.2) is 20.7 Å². The molecular weight excluding hydrogens is 236 g/mol. The van der Waals surface area contributed by atoms with Gasteiger partial charge in [-0.15, -0.1) is 0 Å². The van der Waals surface area contributed by atoms with E-state index in [-0.39, 0.29) is 0 Å². The molecule has 2 heterocycles. The quantitative estimate of drug-likeness (QED) is 0.866. The van der Waals surface area contributed by atoms with Gasteiger partial charge in [0.05, 0.1) is 18.6 Å². The Hall–Kier alpha value is -1.55. The summed E-state index contributed by atoms with van der Waals surface area (Å²) in [5, 5.41) is 3.46. The first-order valence-corrected chi connectivity index (χ1v) is 7.02. The number of nitrogens with zero attached hydrogens (tertiary/aromatic N) is 3. The summed E-state index contributed by atoms with van der Waals surface area (Å²) in [4.78, 5) is 4.27. The van der Waals surface area contributed by atoms with Crippen molar-refractivity contribution in [1.29, 1.82) is 0 Å². The van der Waals surface area contributed by atoms with Crippen LogP contribution in [0.1, 0.15) is 51.2 Å². The van der Waals surface area contributed by atoms with E-state index in [0.29, 0.717) is 12.1 Å². The Morgan fingerprint density at radius 1 is 1.32 bits per heavy atom. The van der Waals surface area contributed by atoms with Gasteiger partial charge in [0.25, 0.3) is 0 Å². The fourth-order valence-electron chi connectivity index (χ4n) is 2.47. The molecule has 2 aromatic heterocycles. The van der Waals surface area contributed by atoms with E-state index in [0.717, 1.165) is 13.1 Å². The molecule has 0 bridgehead atoms. The molecule has 2 rings (SSSR count). The Bertz CT molecular complexity index is 510. The molecule has 1 atom stereocenters. The number of aromatic nitrogens is 3. The van der Waals surface area contributed by atoms with E-state index in [1.165, 1.54) is 11.4 Å². The summed E-state index contributed by atoms with van der Waals surface area (Å²) in [5.41, 5.74) is 2.56. The van der Waals surface area contributed by atoms with Crippen LogP contribution in [0.2, 0.25) is 0 Å². The van der Waals surface area contributed by atoms with E-state index >= 15 is 0 Å². The summed E-state index contributed by atoms with van der Waals surface area (Å²) in [6.45, 7) is 10.6. The van der Waals surface area contributed by atoms with Crippen LogP contribution in [0.3, 0.4) is 0 Å². The molecule has 0 aliphatic rings. The second-order valence-electron chi connectivity index (χ2n) is 5.23. The Morgan fingerprint density at radius 3 is 2.79 bits per heavy atom. The van der Waals surface area contributed by atoms with E-state index in [9.17, 15) is 0 Å².